The van der Waals surface area contributed by atoms with Crippen LogP contribution < -0.4 is 5.32 Å². The summed E-state index contributed by atoms with van der Waals surface area (Å²) in [4.78, 5) is 39.5. The number of anilines is 1. The number of rotatable bonds is 4. The van der Waals surface area contributed by atoms with Crippen LogP contribution in [0.2, 0.25) is 0 Å². The van der Waals surface area contributed by atoms with Crippen LogP contribution in [0.15, 0.2) is 34.8 Å². The van der Waals surface area contributed by atoms with Gasteiger partial charge in [-0.05, 0) is 60.8 Å². The van der Waals surface area contributed by atoms with Gasteiger partial charge in [0.25, 0.3) is 0 Å². The van der Waals surface area contributed by atoms with Crippen molar-refractivity contribution in [2.75, 3.05) is 11.9 Å². The minimum atomic E-state index is -0.187. The minimum absolute atomic E-state index is 0.0673. The molecule has 1 saturated heterocycles. The Bertz CT molecular complexity index is 859. The maximum atomic E-state index is 12.9. The molecule has 5 aliphatic rings. The molecule has 2 bridgehead atoms. The summed E-state index contributed by atoms with van der Waals surface area (Å²) in [5.74, 6) is 0.963. The third-order valence-electron chi connectivity index (χ3n) is 6.78. The standard InChI is InChI=1S/C21H21BrN2O3/c1-10-8-11(22)2-5-16(10)23-17(25)6-7-24-20(26)18-12-3-4-13(15-9-14(12)15)19(18)21(24)27/h2-5,8,12-15,18-19H,6-7,9H2,1H3,(H,23,25)/t12-,13-,14-,15+,18+,19+/m0/s1. The number of amides is 3. The molecule has 0 radical (unpaired) electrons. The average molecular weight is 429 g/mol. The van der Waals surface area contributed by atoms with Crippen LogP contribution in [0.25, 0.3) is 0 Å². The Kier molecular flexibility index (Phi) is 3.83. The first-order valence-electron chi connectivity index (χ1n) is 9.55. The van der Waals surface area contributed by atoms with E-state index in [0.29, 0.717) is 11.8 Å². The summed E-state index contributed by atoms with van der Waals surface area (Å²) in [6, 6.07) is 5.64. The van der Waals surface area contributed by atoms with E-state index in [1.165, 1.54) is 4.90 Å². The molecule has 3 fully saturated rings. The third kappa shape index (κ3) is 2.60. The fourth-order valence-corrected chi connectivity index (χ4v) is 5.91. The van der Waals surface area contributed by atoms with Crippen LogP contribution in [-0.2, 0) is 14.4 Å². The van der Waals surface area contributed by atoms with Crippen molar-refractivity contribution in [3.8, 4) is 0 Å². The number of carbonyl (C=O) groups excluding carboxylic acids is 3. The predicted molar refractivity (Wildman–Crippen MR) is 104 cm³/mol. The summed E-state index contributed by atoms with van der Waals surface area (Å²) in [6.45, 7) is 2.09. The van der Waals surface area contributed by atoms with Crippen molar-refractivity contribution in [3.63, 3.8) is 0 Å². The van der Waals surface area contributed by atoms with Crippen molar-refractivity contribution in [1.29, 1.82) is 0 Å². The SMILES string of the molecule is Cc1cc(Br)ccc1NC(=O)CCN1C(=O)[C@@H]2[C@H]3C=C[C@@H]([C@@H]4C[C@H]34)[C@H]2C1=O. The van der Waals surface area contributed by atoms with Crippen molar-refractivity contribution >= 4 is 39.3 Å². The number of hydrogen-bond donors (Lipinski definition) is 1. The summed E-state index contributed by atoms with van der Waals surface area (Å²) < 4.78 is 0.954. The lowest BCUT2D eigenvalue weighted by Gasteiger charge is -2.37. The smallest absolute Gasteiger partial charge is 0.233 e. The molecule has 27 heavy (non-hydrogen) atoms. The second-order valence-electron chi connectivity index (χ2n) is 8.24. The van der Waals surface area contributed by atoms with E-state index in [1.807, 2.05) is 25.1 Å². The summed E-state index contributed by atoms with van der Waals surface area (Å²) in [5.41, 5.74) is 1.71. The highest BCUT2D eigenvalue weighted by atomic mass is 79.9. The largest absolute Gasteiger partial charge is 0.326 e. The normalized spacial score (nSPS) is 35.3. The Morgan fingerprint density at radius 2 is 1.78 bits per heavy atom. The molecule has 0 spiro atoms. The van der Waals surface area contributed by atoms with Crippen LogP contribution in [0.5, 0.6) is 0 Å². The predicted octanol–water partition coefficient (Wildman–Crippen LogP) is 3.14. The van der Waals surface area contributed by atoms with Gasteiger partial charge in [0.05, 0.1) is 11.8 Å². The summed E-state index contributed by atoms with van der Waals surface area (Å²) in [6.07, 6.45) is 5.61. The fourth-order valence-electron chi connectivity index (χ4n) is 5.43. The number of hydrogen-bond acceptors (Lipinski definition) is 3. The molecule has 1 aromatic carbocycles. The number of aryl methyl sites for hydroxylation is 1. The highest BCUT2D eigenvalue weighted by Gasteiger charge is 2.66. The molecule has 4 aliphatic carbocycles. The van der Waals surface area contributed by atoms with Gasteiger partial charge >= 0.3 is 0 Å². The lowest BCUT2D eigenvalue weighted by molar-refractivity contribution is -0.140. The molecular weight excluding hydrogens is 408 g/mol. The van der Waals surface area contributed by atoms with Gasteiger partial charge in [-0.25, -0.2) is 0 Å². The van der Waals surface area contributed by atoms with Crippen LogP contribution in [0.4, 0.5) is 5.69 Å². The van der Waals surface area contributed by atoms with E-state index in [2.05, 4.69) is 33.4 Å². The number of halogens is 1. The first kappa shape index (κ1) is 17.2. The second-order valence-corrected chi connectivity index (χ2v) is 9.16. The summed E-state index contributed by atoms with van der Waals surface area (Å²) in [7, 11) is 0. The lowest BCUT2D eigenvalue weighted by atomic mass is 9.63. The van der Waals surface area contributed by atoms with Gasteiger partial charge in [0.2, 0.25) is 17.7 Å². The molecule has 1 aliphatic heterocycles. The molecular formula is C21H21BrN2O3. The number of benzene rings is 1. The zero-order valence-corrected chi connectivity index (χ0v) is 16.6. The van der Waals surface area contributed by atoms with E-state index >= 15 is 0 Å². The molecule has 1 aromatic rings. The van der Waals surface area contributed by atoms with Gasteiger partial charge in [-0.15, -0.1) is 0 Å². The van der Waals surface area contributed by atoms with Crippen LogP contribution in [0, 0.1) is 42.4 Å². The quantitative estimate of drug-likeness (QED) is 0.591. The first-order chi connectivity index (χ1) is 13.0. The summed E-state index contributed by atoms with van der Waals surface area (Å²) >= 11 is 3.40. The van der Waals surface area contributed by atoms with E-state index in [1.54, 1.807) is 0 Å². The van der Waals surface area contributed by atoms with Crippen LogP contribution >= 0.6 is 15.9 Å². The van der Waals surface area contributed by atoms with Gasteiger partial charge in [0, 0.05) is 23.1 Å². The monoisotopic (exact) mass is 428 g/mol. The Hall–Kier alpha value is -1.95. The van der Waals surface area contributed by atoms with Gasteiger partial charge in [0.15, 0.2) is 0 Å². The van der Waals surface area contributed by atoms with Gasteiger partial charge < -0.3 is 5.32 Å². The number of imide groups is 1. The van der Waals surface area contributed by atoms with E-state index in [9.17, 15) is 14.4 Å². The molecule has 1 heterocycles. The van der Waals surface area contributed by atoms with Crippen LogP contribution in [-0.4, -0.2) is 29.2 Å². The average Bonchev–Trinajstić information content (AvgIpc) is 3.41. The van der Waals surface area contributed by atoms with Crippen LogP contribution in [0.1, 0.15) is 18.4 Å². The van der Waals surface area contributed by atoms with Crippen LogP contribution in [0.3, 0.4) is 0 Å². The molecule has 6 rings (SSSR count). The highest BCUT2D eigenvalue weighted by molar-refractivity contribution is 9.10. The number of allylic oxidation sites excluding steroid dienone is 2. The molecule has 140 valence electrons. The number of nitrogens with one attached hydrogen (secondary N) is 1. The molecule has 1 N–H and O–H groups in total. The third-order valence-corrected chi connectivity index (χ3v) is 7.27. The molecule has 6 atom stereocenters. The van der Waals surface area contributed by atoms with Crippen molar-refractivity contribution in [1.82, 2.24) is 4.90 Å². The lowest BCUT2D eigenvalue weighted by Crippen LogP contribution is -2.40. The van der Waals surface area contributed by atoms with Crippen molar-refractivity contribution in [2.24, 2.45) is 35.5 Å². The molecule has 5 nitrogen and oxygen atoms in total. The maximum Gasteiger partial charge on any atom is 0.233 e. The van der Waals surface area contributed by atoms with E-state index in [4.69, 9.17) is 0 Å². The van der Waals surface area contributed by atoms with E-state index in [0.717, 1.165) is 22.1 Å². The minimum Gasteiger partial charge on any atom is -0.326 e. The molecule has 2 saturated carbocycles. The van der Waals surface area contributed by atoms with Crippen molar-refractivity contribution < 1.29 is 14.4 Å². The molecule has 0 unspecified atom stereocenters. The van der Waals surface area contributed by atoms with Gasteiger partial charge in [-0.3, -0.25) is 19.3 Å². The zero-order chi connectivity index (χ0) is 18.9. The summed E-state index contributed by atoms with van der Waals surface area (Å²) in [5, 5.41) is 2.88. The van der Waals surface area contributed by atoms with E-state index < -0.39 is 0 Å². The second kappa shape index (κ2) is 6.03. The van der Waals surface area contributed by atoms with Crippen molar-refractivity contribution in [2.45, 2.75) is 19.8 Å². The number of nitrogens with zero attached hydrogens (tertiary/aromatic N) is 1. The number of likely N-dealkylation sites (tertiary alicyclic amines) is 1. The molecule has 0 aromatic heterocycles. The van der Waals surface area contributed by atoms with Gasteiger partial charge in [-0.1, -0.05) is 28.1 Å². The molecule has 6 heteroatoms. The maximum absolute atomic E-state index is 12.9. The number of carbonyl (C=O) groups is 3. The van der Waals surface area contributed by atoms with Crippen molar-refractivity contribution in [3.05, 3.63) is 40.4 Å². The van der Waals surface area contributed by atoms with Gasteiger partial charge in [-0.2, -0.15) is 0 Å². The van der Waals surface area contributed by atoms with Gasteiger partial charge in [0.1, 0.15) is 0 Å². The topological polar surface area (TPSA) is 66.5 Å². The first-order valence-corrected chi connectivity index (χ1v) is 10.3. The Balaban J connectivity index is 1.25. The zero-order valence-electron chi connectivity index (χ0n) is 15.0. The fraction of sp³-hybridized carbons (Fsp3) is 0.476. The van der Waals surface area contributed by atoms with E-state index in [-0.39, 0.29) is 54.4 Å². The molecule has 3 amide bonds. The highest BCUT2D eigenvalue weighted by Crippen LogP contribution is 2.65. The Morgan fingerprint density at radius 3 is 2.37 bits per heavy atom. The Labute approximate surface area is 166 Å². The Morgan fingerprint density at radius 1 is 1.15 bits per heavy atom.